The molecule has 2 N–H and O–H groups in total. The van der Waals surface area contributed by atoms with Gasteiger partial charge in [-0.25, -0.2) is 13.1 Å². The maximum absolute atomic E-state index is 12.3. The van der Waals surface area contributed by atoms with Crippen LogP contribution in [0, 0.1) is 6.92 Å². The molecule has 0 aliphatic rings. The van der Waals surface area contributed by atoms with Crippen LogP contribution in [-0.2, 0) is 15.6 Å². The molecule has 0 aliphatic heterocycles. The predicted molar refractivity (Wildman–Crippen MR) is 86.8 cm³/mol. The number of nitrogens with one attached hydrogen (secondary N) is 1. The Morgan fingerprint density at radius 3 is 2.64 bits per heavy atom. The van der Waals surface area contributed by atoms with Crippen molar-refractivity contribution in [3.05, 3.63) is 46.2 Å². The molecule has 0 amide bonds. The topological polar surface area (TPSA) is 75.6 Å². The molecule has 0 spiro atoms. The molecule has 1 aromatic carbocycles. The number of methoxy groups -OCH3 is 1. The molecule has 1 atom stereocenters. The molecule has 0 saturated heterocycles. The van der Waals surface area contributed by atoms with E-state index in [1.165, 1.54) is 24.5 Å². The molecule has 1 heterocycles. The molecule has 2 rings (SSSR count). The van der Waals surface area contributed by atoms with Gasteiger partial charge in [0.25, 0.3) is 0 Å². The lowest BCUT2D eigenvalue weighted by molar-refractivity contribution is 0.0666. The van der Waals surface area contributed by atoms with E-state index in [1.807, 2.05) is 11.4 Å². The highest BCUT2D eigenvalue weighted by Crippen LogP contribution is 2.26. The Balaban J connectivity index is 2.16. The first-order chi connectivity index (χ1) is 10.3. The highest BCUT2D eigenvalue weighted by molar-refractivity contribution is 7.89. The van der Waals surface area contributed by atoms with Crippen LogP contribution >= 0.6 is 11.3 Å². The summed E-state index contributed by atoms with van der Waals surface area (Å²) < 4.78 is 32.3. The van der Waals surface area contributed by atoms with Gasteiger partial charge in [-0.05, 0) is 49.1 Å². The van der Waals surface area contributed by atoms with Crippen LogP contribution in [0.3, 0.4) is 0 Å². The first kappa shape index (κ1) is 17.0. The minimum atomic E-state index is -3.69. The minimum Gasteiger partial charge on any atom is -0.496 e. The number of sulfonamides is 1. The second-order valence-corrected chi connectivity index (χ2v) is 7.92. The molecule has 0 radical (unpaired) electrons. The van der Waals surface area contributed by atoms with Crippen LogP contribution in [0.15, 0.2) is 40.6 Å². The third-order valence-electron chi connectivity index (χ3n) is 3.34. The fraction of sp³-hybridized carbons (Fsp3) is 0.333. The Bertz CT molecular complexity index is 737. The molecule has 22 heavy (non-hydrogen) atoms. The Morgan fingerprint density at radius 2 is 2.09 bits per heavy atom. The van der Waals surface area contributed by atoms with Crippen molar-refractivity contribution in [2.24, 2.45) is 0 Å². The second kappa shape index (κ2) is 6.37. The zero-order valence-corrected chi connectivity index (χ0v) is 14.3. The first-order valence-corrected chi connectivity index (χ1v) is 9.03. The van der Waals surface area contributed by atoms with E-state index in [0.29, 0.717) is 10.6 Å². The predicted octanol–water partition coefficient (Wildman–Crippen LogP) is 2.25. The summed E-state index contributed by atoms with van der Waals surface area (Å²) in [6.45, 7) is 3.27. The third kappa shape index (κ3) is 3.67. The molecule has 0 saturated carbocycles. The molecule has 120 valence electrons. The van der Waals surface area contributed by atoms with Crippen molar-refractivity contribution in [3.63, 3.8) is 0 Å². The summed E-state index contributed by atoms with van der Waals surface area (Å²) in [5.41, 5.74) is -0.515. The highest BCUT2D eigenvalue weighted by atomic mass is 32.2. The standard InChI is InChI=1S/C15H19NO4S2/c1-11-9-12(6-7-13(11)20-3)22(18,19)16-10-15(2,17)14-5-4-8-21-14/h4-9,16-17H,10H2,1-3H3. The SMILES string of the molecule is COc1ccc(S(=O)(=O)NCC(C)(O)c2cccs2)cc1C. The van der Waals surface area contributed by atoms with E-state index >= 15 is 0 Å². The number of hydrogen-bond donors (Lipinski definition) is 2. The van der Waals surface area contributed by atoms with E-state index < -0.39 is 15.6 Å². The Kier molecular flexibility index (Phi) is 4.91. The third-order valence-corrected chi connectivity index (χ3v) is 5.86. The smallest absolute Gasteiger partial charge is 0.240 e. The normalized spacial score (nSPS) is 14.5. The Morgan fingerprint density at radius 1 is 1.36 bits per heavy atom. The maximum Gasteiger partial charge on any atom is 0.240 e. The summed E-state index contributed by atoms with van der Waals surface area (Å²) in [5, 5.41) is 12.2. The van der Waals surface area contributed by atoms with Gasteiger partial charge in [0.15, 0.2) is 0 Å². The van der Waals surface area contributed by atoms with Crippen LogP contribution in [0.25, 0.3) is 0 Å². The van der Waals surface area contributed by atoms with Crippen molar-refractivity contribution in [2.75, 3.05) is 13.7 Å². The fourth-order valence-electron chi connectivity index (χ4n) is 2.01. The number of ether oxygens (including phenoxy) is 1. The largest absolute Gasteiger partial charge is 0.496 e. The molecule has 1 aromatic heterocycles. The van der Waals surface area contributed by atoms with Gasteiger partial charge >= 0.3 is 0 Å². The van der Waals surface area contributed by atoms with Gasteiger partial charge in [0.1, 0.15) is 11.4 Å². The lowest BCUT2D eigenvalue weighted by atomic mass is 10.1. The molecule has 2 aromatic rings. The molecule has 0 bridgehead atoms. The summed E-state index contributed by atoms with van der Waals surface area (Å²) in [6, 6.07) is 8.22. The van der Waals surface area contributed by atoms with Gasteiger partial charge < -0.3 is 9.84 Å². The van der Waals surface area contributed by atoms with Crippen molar-refractivity contribution in [3.8, 4) is 5.75 Å². The summed E-state index contributed by atoms with van der Waals surface area (Å²) in [5.74, 6) is 0.629. The average molecular weight is 341 g/mol. The number of rotatable bonds is 6. The second-order valence-electron chi connectivity index (χ2n) is 5.21. The lowest BCUT2D eigenvalue weighted by Crippen LogP contribution is -2.38. The highest BCUT2D eigenvalue weighted by Gasteiger charge is 2.27. The number of hydrogen-bond acceptors (Lipinski definition) is 5. The van der Waals surface area contributed by atoms with Crippen LogP contribution in [0.4, 0.5) is 0 Å². The van der Waals surface area contributed by atoms with Crippen LogP contribution in [0.5, 0.6) is 5.75 Å². The quantitative estimate of drug-likeness (QED) is 0.845. The van der Waals surface area contributed by atoms with E-state index in [-0.39, 0.29) is 11.4 Å². The van der Waals surface area contributed by atoms with E-state index in [4.69, 9.17) is 4.74 Å². The number of thiophene rings is 1. The molecule has 0 aliphatic carbocycles. The van der Waals surface area contributed by atoms with Crippen molar-refractivity contribution in [2.45, 2.75) is 24.3 Å². The Labute approximate surface area is 134 Å². The molecule has 1 unspecified atom stereocenters. The lowest BCUT2D eigenvalue weighted by Gasteiger charge is -2.22. The van der Waals surface area contributed by atoms with Crippen molar-refractivity contribution in [1.29, 1.82) is 0 Å². The number of benzene rings is 1. The summed E-state index contributed by atoms with van der Waals surface area (Å²) in [7, 11) is -2.16. The van der Waals surface area contributed by atoms with Gasteiger partial charge in [0.2, 0.25) is 10.0 Å². The van der Waals surface area contributed by atoms with E-state index in [2.05, 4.69) is 4.72 Å². The van der Waals surface area contributed by atoms with Gasteiger partial charge in [-0.1, -0.05) is 6.07 Å². The van der Waals surface area contributed by atoms with Gasteiger partial charge in [0, 0.05) is 11.4 Å². The maximum atomic E-state index is 12.3. The average Bonchev–Trinajstić information content (AvgIpc) is 3.00. The van der Waals surface area contributed by atoms with Gasteiger partial charge in [-0.3, -0.25) is 0 Å². The van der Waals surface area contributed by atoms with Crippen LogP contribution < -0.4 is 9.46 Å². The number of aliphatic hydroxyl groups is 1. The molecule has 7 heteroatoms. The summed E-state index contributed by atoms with van der Waals surface area (Å²) in [6.07, 6.45) is 0. The van der Waals surface area contributed by atoms with Crippen molar-refractivity contribution in [1.82, 2.24) is 4.72 Å². The van der Waals surface area contributed by atoms with Gasteiger partial charge in [0.05, 0.1) is 12.0 Å². The van der Waals surface area contributed by atoms with Gasteiger partial charge in [-0.15, -0.1) is 11.3 Å². The molecule has 5 nitrogen and oxygen atoms in total. The van der Waals surface area contributed by atoms with Gasteiger partial charge in [-0.2, -0.15) is 0 Å². The zero-order valence-electron chi connectivity index (χ0n) is 12.7. The number of aryl methyl sites for hydroxylation is 1. The van der Waals surface area contributed by atoms with Crippen molar-refractivity contribution >= 4 is 21.4 Å². The molecular formula is C15H19NO4S2. The van der Waals surface area contributed by atoms with Crippen LogP contribution in [-0.4, -0.2) is 27.2 Å². The summed E-state index contributed by atoms with van der Waals surface area (Å²) in [4.78, 5) is 0.855. The van der Waals surface area contributed by atoms with E-state index in [1.54, 1.807) is 32.0 Å². The zero-order chi connectivity index (χ0) is 16.4. The van der Waals surface area contributed by atoms with Crippen LogP contribution in [0.2, 0.25) is 0 Å². The van der Waals surface area contributed by atoms with Crippen molar-refractivity contribution < 1.29 is 18.3 Å². The molecular weight excluding hydrogens is 322 g/mol. The molecule has 0 fully saturated rings. The first-order valence-electron chi connectivity index (χ1n) is 6.67. The Hall–Kier alpha value is -1.41. The van der Waals surface area contributed by atoms with E-state index in [0.717, 1.165) is 5.56 Å². The fourth-order valence-corrected chi connectivity index (χ4v) is 4.01. The minimum absolute atomic E-state index is 0.0963. The monoisotopic (exact) mass is 341 g/mol. The van der Waals surface area contributed by atoms with E-state index in [9.17, 15) is 13.5 Å². The van der Waals surface area contributed by atoms with Crippen LogP contribution in [0.1, 0.15) is 17.4 Å². The summed E-state index contributed by atoms with van der Waals surface area (Å²) >= 11 is 1.38.